The second-order valence-electron chi connectivity index (χ2n) is 4.37. The summed E-state index contributed by atoms with van der Waals surface area (Å²) in [7, 11) is 1.57. The predicted molar refractivity (Wildman–Crippen MR) is 79.2 cm³/mol. The van der Waals surface area contributed by atoms with Crippen LogP contribution < -0.4 is 14.8 Å². The number of amides is 1. The minimum absolute atomic E-state index is 0.0310. The molecule has 0 radical (unpaired) electrons. The summed E-state index contributed by atoms with van der Waals surface area (Å²) in [5, 5.41) is 5.91. The zero-order valence-corrected chi connectivity index (χ0v) is 12.5. The Hall–Kier alpha value is -3.03. The van der Waals surface area contributed by atoms with E-state index >= 15 is 0 Å². The van der Waals surface area contributed by atoms with E-state index in [9.17, 15) is 9.59 Å². The first-order valence-electron chi connectivity index (χ1n) is 6.80. The van der Waals surface area contributed by atoms with E-state index in [1.165, 1.54) is 12.3 Å². The number of hydrogen-bond acceptors (Lipinski definition) is 7. The van der Waals surface area contributed by atoms with Gasteiger partial charge in [-0.25, -0.2) is 0 Å². The second kappa shape index (κ2) is 8.42. The Morgan fingerprint density at radius 2 is 1.91 bits per heavy atom. The van der Waals surface area contributed by atoms with E-state index in [4.69, 9.17) is 14.2 Å². The molecule has 0 atom stereocenters. The first-order valence-corrected chi connectivity index (χ1v) is 6.80. The van der Waals surface area contributed by atoms with Crippen molar-refractivity contribution in [1.29, 1.82) is 0 Å². The summed E-state index contributed by atoms with van der Waals surface area (Å²) in [5.74, 6) is 0.559. The van der Waals surface area contributed by atoms with Gasteiger partial charge in [-0.2, -0.15) is 0 Å². The Bertz CT molecular complexity index is 624. The van der Waals surface area contributed by atoms with Crippen LogP contribution in [-0.2, 0) is 14.3 Å². The number of rotatable bonds is 8. The van der Waals surface area contributed by atoms with Crippen molar-refractivity contribution < 1.29 is 28.3 Å². The summed E-state index contributed by atoms with van der Waals surface area (Å²) in [6.07, 6.45) is 1.35. The van der Waals surface area contributed by atoms with Crippen molar-refractivity contribution in [2.24, 2.45) is 0 Å². The van der Waals surface area contributed by atoms with Crippen molar-refractivity contribution in [3.8, 4) is 11.5 Å². The Balaban J connectivity index is 1.61. The molecule has 0 spiro atoms. The Morgan fingerprint density at radius 1 is 1.17 bits per heavy atom. The Labute approximate surface area is 132 Å². The fraction of sp³-hybridized carbons (Fsp3) is 0.267. The third-order valence-electron chi connectivity index (χ3n) is 2.70. The van der Waals surface area contributed by atoms with Gasteiger partial charge in [0.1, 0.15) is 17.8 Å². The van der Waals surface area contributed by atoms with Crippen molar-refractivity contribution in [2.75, 3.05) is 25.6 Å². The molecule has 1 heterocycles. The summed E-state index contributed by atoms with van der Waals surface area (Å²) >= 11 is 0. The third kappa shape index (κ3) is 5.70. The van der Waals surface area contributed by atoms with Crippen LogP contribution in [0, 0.1) is 0 Å². The minimum Gasteiger partial charge on any atom is -0.497 e. The Kier molecular flexibility index (Phi) is 5.98. The standard InChI is InChI=1S/C15H16N2O6/c1-20-11-2-4-12(5-3-11)21-8-7-15(19)22-10-14(18)16-13-6-9-23-17-13/h2-6,9H,7-8,10H2,1H3,(H,16,17,18). The molecule has 2 rings (SSSR count). The fourth-order valence-electron chi connectivity index (χ4n) is 1.60. The van der Waals surface area contributed by atoms with Crippen LogP contribution in [0.2, 0.25) is 0 Å². The van der Waals surface area contributed by atoms with Crippen LogP contribution in [0.3, 0.4) is 0 Å². The van der Waals surface area contributed by atoms with E-state index in [1.807, 2.05) is 0 Å². The number of ether oxygens (including phenoxy) is 3. The highest BCUT2D eigenvalue weighted by Crippen LogP contribution is 2.17. The maximum absolute atomic E-state index is 11.5. The molecule has 23 heavy (non-hydrogen) atoms. The van der Waals surface area contributed by atoms with Gasteiger partial charge in [0.25, 0.3) is 5.91 Å². The summed E-state index contributed by atoms with van der Waals surface area (Å²) in [4.78, 5) is 23.0. The van der Waals surface area contributed by atoms with Crippen LogP contribution in [0.5, 0.6) is 11.5 Å². The Morgan fingerprint density at radius 3 is 2.57 bits per heavy atom. The summed E-state index contributed by atoms with van der Waals surface area (Å²) in [6.45, 7) is -0.246. The monoisotopic (exact) mass is 320 g/mol. The van der Waals surface area contributed by atoms with Crippen molar-refractivity contribution in [3.63, 3.8) is 0 Å². The number of methoxy groups -OCH3 is 1. The van der Waals surface area contributed by atoms with Crippen molar-refractivity contribution in [3.05, 3.63) is 36.6 Å². The van der Waals surface area contributed by atoms with Gasteiger partial charge in [-0.3, -0.25) is 9.59 Å². The average Bonchev–Trinajstić information content (AvgIpc) is 3.06. The number of aromatic nitrogens is 1. The lowest BCUT2D eigenvalue weighted by atomic mass is 10.3. The van der Waals surface area contributed by atoms with Crippen LogP contribution >= 0.6 is 0 Å². The van der Waals surface area contributed by atoms with Gasteiger partial charge in [0.15, 0.2) is 12.4 Å². The van der Waals surface area contributed by atoms with Crippen LogP contribution in [0.25, 0.3) is 0 Å². The minimum atomic E-state index is -0.534. The quantitative estimate of drug-likeness (QED) is 0.738. The molecule has 0 fully saturated rings. The highest BCUT2D eigenvalue weighted by Gasteiger charge is 2.09. The number of anilines is 1. The number of nitrogens with zero attached hydrogens (tertiary/aromatic N) is 1. The zero-order chi connectivity index (χ0) is 16.5. The molecule has 122 valence electrons. The lowest BCUT2D eigenvalue weighted by molar-refractivity contribution is -0.147. The van der Waals surface area contributed by atoms with E-state index in [0.717, 1.165) is 5.75 Å². The van der Waals surface area contributed by atoms with Crippen molar-refractivity contribution >= 4 is 17.7 Å². The second-order valence-corrected chi connectivity index (χ2v) is 4.37. The van der Waals surface area contributed by atoms with Crippen LogP contribution in [0.15, 0.2) is 41.1 Å². The number of hydrogen-bond donors (Lipinski definition) is 1. The fourth-order valence-corrected chi connectivity index (χ4v) is 1.60. The molecule has 0 bridgehead atoms. The molecule has 0 saturated heterocycles. The molecule has 0 aliphatic carbocycles. The van der Waals surface area contributed by atoms with Gasteiger partial charge in [0, 0.05) is 6.07 Å². The number of benzene rings is 1. The molecule has 8 heteroatoms. The molecule has 0 aliphatic rings. The lowest BCUT2D eigenvalue weighted by Gasteiger charge is -2.07. The molecule has 2 aromatic rings. The van der Waals surface area contributed by atoms with E-state index in [-0.39, 0.29) is 18.8 Å². The van der Waals surface area contributed by atoms with E-state index in [0.29, 0.717) is 5.75 Å². The summed E-state index contributed by atoms with van der Waals surface area (Å²) in [5.41, 5.74) is 0. The summed E-state index contributed by atoms with van der Waals surface area (Å²) in [6, 6.07) is 8.44. The number of carbonyl (C=O) groups is 2. The number of carbonyl (C=O) groups excluding carboxylic acids is 2. The van der Waals surface area contributed by atoms with E-state index in [1.54, 1.807) is 31.4 Å². The molecule has 1 aromatic carbocycles. The molecule has 1 aromatic heterocycles. The van der Waals surface area contributed by atoms with Crippen LogP contribution in [0.1, 0.15) is 6.42 Å². The van der Waals surface area contributed by atoms with Gasteiger partial charge in [-0.1, -0.05) is 5.16 Å². The largest absolute Gasteiger partial charge is 0.497 e. The predicted octanol–water partition coefficient (Wildman–Crippen LogP) is 1.63. The zero-order valence-electron chi connectivity index (χ0n) is 12.5. The third-order valence-corrected chi connectivity index (χ3v) is 2.70. The summed E-state index contributed by atoms with van der Waals surface area (Å²) < 4.78 is 19.8. The van der Waals surface area contributed by atoms with Gasteiger partial charge in [0.05, 0.1) is 20.1 Å². The first-order chi connectivity index (χ1) is 11.2. The molecule has 1 N–H and O–H groups in total. The average molecular weight is 320 g/mol. The maximum atomic E-state index is 11.5. The SMILES string of the molecule is COc1ccc(OCCC(=O)OCC(=O)Nc2ccon2)cc1. The molecule has 0 unspecified atom stereocenters. The topological polar surface area (TPSA) is 99.9 Å². The molecular formula is C15H16N2O6. The van der Waals surface area contributed by atoms with Gasteiger partial charge >= 0.3 is 5.97 Å². The first kappa shape index (κ1) is 16.3. The molecule has 1 amide bonds. The molecular weight excluding hydrogens is 304 g/mol. The van der Waals surface area contributed by atoms with E-state index in [2.05, 4.69) is 15.0 Å². The van der Waals surface area contributed by atoms with E-state index < -0.39 is 18.5 Å². The highest BCUT2D eigenvalue weighted by atomic mass is 16.5. The van der Waals surface area contributed by atoms with Crippen molar-refractivity contribution in [1.82, 2.24) is 5.16 Å². The van der Waals surface area contributed by atoms with Gasteiger partial charge in [0.2, 0.25) is 0 Å². The van der Waals surface area contributed by atoms with Gasteiger partial charge in [-0.15, -0.1) is 0 Å². The number of esters is 1. The maximum Gasteiger partial charge on any atom is 0.309 e. The molecule has 8 nitrogen and oxygen atoms in total. The normalized spacial score (nSPS) is 9.96. The van der Waals surface area contributed by atoms with Crippen LogP contribution in [-0.4, -0.2) is 37.4 Å². The van der Waals surface area contributed by atoms with Gasteiger partial charge < -0.3 is 24.1 Å². The van der Waals surface area contributed by atoms with Gasteiger partial charge in [-0.05, 0) is 24.3 Å². The number of nitrogens with one attached hydrogen (secondary N) is 1. The smallest absolute Gasteiger partial charge is 0.309 e. The molecule has 0 aliphatic heterocycles. The highest BCUT2D eigenvalue weighted by molar-refractivity contribution is 5.91. The van der Waals surface area contributed by atoms with Crippen molar-refractivity contribution in [2.45, 2.75) is 6.42 Å². The lowest BCUT2D eigenvalue weighted by Crippen LogP contribution is -2.21. The van der Waals surface area contributed by atoms with Crippen LogP contribution in [0.4, 0.5) is 5.82 Å². The molecule has 0 saturated carbocycles.